The molecule has 0 bridgehead atoms. The molecule has 1 saturated heterocycles. The molecule has 1 N–H and O–H groups in total. The summed E-state index contributed by atoms with van der Waals surface area (Å²) in [6.07, 6.45) is 21.7. The zero-order valence-corrected chi connectivity index (χ0v) is 30.5. The molecular formula is C35H60IN3O6. The van der Waals surface area contributed by atoms with E-state index in [1.807, 2.05) is 35.9 Å². The van der Waals surface area contributed by atoms with E-state index in [4.69, 9.17) is 14.2 Å². The van der Waals surface area contributed by atoms with Gasteiger partial charge in [-0.25, -0.2) is 19.1 Å². The Hall–Kier alpha value is -1.95. The van der Waals surface area contributed by atoms with Gasteiger partial charge in [0.15, 0.2) is 6.20 Å². The van der Waals surface area contributed by atoms with Gasteiger partial charge in [0.05, 0.1) is 18.6 Å². The van der Waals surface area contributed by atoms with Crippen molar-refractivity contribution in [2.24, 2.45) is 5.41 Å². The molecule has 1 aliphatic heterocycles. The van der Waals surface area contributed by atoms with E-state index in [1.165, 1.54) is 96.8 Å². The summed E-state index contributed by atoms with van der Waals surface area (Å²) >= 11 is 0. The molecule has 1 aliphatic rings. The van der Waals surface area contributed by atoms with Crippen LogP contribution in [0.4, 0.5) is 9.59 Å². The van der Waals surface area contributed by atoms with Crippen LogP contribution in [0.15, 0.2) is 24.4 Å². The number of hydrogen-bond donors (Lipinski definition) is 1. The van der Waals surface area contributed by atoms with Gasteiger partial charge in [0.2, 0.25) is 11.6 Å². The molecule has 0 atom stereocenters. The Kier molecular flexibility index (Phi) is 23.0. The van der Waals surface area contributed by atoms with Gasteiger partial charge in [-0.15, -0.1) is 0 Å². The van der Waals surface area contributed by atoms with Crippen molar-refractivity contribution in [3.63, 3.8) is 0 Å². The monoisotopic (exact) mass is 745 g/mol. The highest BCUT2D eigenvalue weighted by molar-refractivity contribution is 5.90. The van der Waals surface area contributed by atoms with Gasteiger partial charge in [-0.3, -0.25) is 4.79 Å². The Morgan fingerprint density at radius 3 is 1.84 bits per heavy atom. The molecule has 3 amide bonds. The summed E-state index contributed by atoms with van der Waals surface area (Å²) in [6.45, 7) is 7.76. The standard InChI is InChI=1S/C35H59N3O6.HI/c1-4-6-7-8-9-10-11-12-13-14-15-16-17-18-19-21-24-36-33(40)43-29-35(27-42-28-35)30-44-34(41)38(31(3)39)26-32-23-20-22-25-37(32)5-2;/h20,22-23,25H,4-19,21,24,26-30H2,1-3H3;1H. The van der Waals surface area contributed by atoms with Gasteiger partial charge in [-0.2, -0.15) is 0 Å². The number of imide groups is 1. The maximum absolute atomic E-state index is 12.8. The number of unbranched alkanes of at least 4 members (excludes halogenated alkanes) is 15. The third-order valence-electron chi connectivity index (χ3n) is 8.42. The minimum absolute atomic E-state index is 0. The summed E-state index contributed by atoms with van der Waals surface area (Å²) in [5.74, 6) is -0.398. The number of aryl methyl sites for hydroxylation is 1. The van der Waals surface area contributed by atoms with E-state index in [0.717, 1.165) is 30.0 Å². The normalized spacial score (nSPS) is 13.3. The fourth-order valence-corrected chi connectivity index (χ4v) is 5.46. The number of amides is 3. The smallest absolute Gasteiger partial charge is 0.417 e. The summed E-state index contributed by atoms with van der Waals surface area (Å²) in [5.41, 5.74) is 0.230. The Morgan fingerprint density at radius 2 is 1.36 bits per heavy atom. The fraction of sp³-hybridized carbons (Fsp3) is 0.771. The molecule has 2 rings (SSSR count). The molecule has 0 saturated carbocycles. The number of alkyl carbamates (subject to hydrolysis) is 1. The molecule has 2 heterocycles. The van der Waals surface area contributed by atoms with Gasteiger partial charge in [0.1, 0.15) is 26.3 Å². The number of nitrogens with one attached hydrogen (secondary N) is 1. The minimum Gasteiger partial charge on any atom is -1.00 e. The van der Waals surface area contributed by atoms with Gasteiger partial charge >= 0.3 is 12.2 Å². The molecule has 45 heavy (non-hydrogen) atoms. The summed E-state index contributed by atoms with van der Waals surface area (Å²) in [5, 5.41) is 2.82. The van der Waals surface area contributed by atoms with E-state index >= 15 is 0 Å². The molecule has 1 fully saturated rings. The van der Waals surface area contributed by atoms with Crippen molar-refractivity contribution in [2.75, 3.05) is 33.0 Å². The molecule has 10 heteroatoms. The van der Waals surface area contributed by atoms with E-state index in [0.29, 0.717) is 19.8 Å². The van der Waals surface area contributed by atoms with Crippen molar-refractivity contribution in [3.05, 3.63) is 30.1 Å². The third-order valence-corrected chi connectivity index (χ3v) is 8.42. The highest BCUT2D eigenvalue weighted by Gasteiger charge is 2.42. The van der Waals surface area contributed by atoms with Crippen molar-refractivity contribution in [2.45, 2.75) is 137 Å². The van der Waals surface area contributed by atoms with Crippen molar-refractivity contribution in [3.8, 4) is 0 Å². The molecular weight excluding hydrogens is 685 g/mol. The first-order valence-electron chi connectivity index (χ1n) is 17.3. The second-order valence-corrected chi connectivity index (χ2v) is 12.4. The number of halogens is 1. The van der Waals surface area contributed by atoms with E-state index < -0.39 is 23.5 Å². The lowest BCUT2D eigenvalue weighted by Crippen LogP contribution is -3.00. The maximum atomic E-state index is 12.8. The molecule has 0 aliphatic carbocycles. The van der Waals surface area contributed by atoms with E-state index in [1.54, 1.807) is 0 Å². The van der Waals surface area contributed by atoms with Crippen LogP contribution < -0.4 is 33.9 Å². The lowest BCUT2D eigenvalue weighted by molar-refractivity contribution is -0.701. The van der Waals surface area contributed by atoms with Crippen molar-refractivity contribution in [1.82, 2.24) is 10.2 Å². The Balaban J connectivity index is 0.0000101. The number of carbonyl (C=O) groups excluding carboxylic acids is 3. The first kappa shape index (κ1) is 41.1. The van der Waals surface area contributed by atoms with Crippen LogP contribution in [0.5, 0.6) is 0 Å². The number of pyridine rings is 1. The van der Waals surface area contributed by atoms with Gasteiger partial charge in [0.25, 0.3) is 0 Å². The third kappa shape index (κ3) is 17.5. The molecule has 0 spiro atoms. The molecule has 258 valence electrons. The second kappa shape index (κ2) is 25.2. The van der Waals surface area contributed by atoms with E-state index in [-0.39, 0.29) is 43.7 Å². The van der Waals surface area contributed by atoms with Gasteiger partial charge in [-0.1, -0.05) is 109 Å². The van der Waals surface area contributed by atoms with Gasteiger partial charge < -0.3 is 43.5 Å². The van der Waals surface area contributed by atoms with Gasteiger partial charge in [0, 0.05) is 25.6 Å². The van der Waals surface area contributed by atoms with Crippen LogP contribution in [0.2, 0.25) is 0 Å². The average molecular weight is 746 g/mol. The van der Waals surface area contributed by atoms with Crippen LogP contribution in [0.3, 0.4) is 0 Å². The minimum atomic E-state index is -0.719. The average Bonchev–Trinajstić information content (AvgIpc) is 3.00. The van der Waals surface area contributed by atoms with Crippen molar-refractivity contribution < 1.29 is 57.1 Å². The van der Waals surface area contributed by atoms with Crippen molar-refractivity contribution >= 4 is 18.1 Å². The summed E-state index contributed by atoms with van der Waals surface area (Å²) in [7, 11) is 0. The Morgan fingerprint density at radius 1 is 0.822 bits per heavy atom. The number of aromatic nitrogens is 1. The van der Waals surface area contributed by atoms with Crippen LogP contribution in [-0.4, -0.2) is 56.0 Å². The quantitative estimate of drug-likeness (QED) is 0.0953. The fourth-order valence-electron chi connectivity index (χ4n) is 5.46. The lowest BCUT2D eigenvalue weighted by Gasteiger charge is -2.40. The lowest BCUT2D eigenvalue weighted by atomic mass is 9.88. The summed E-state index contributed by atoms with van der Waals surface area (Å²) in [6, 6.07) is 5.65. The number of hydrogen-bond acceptors (Lipinski definition) is 6. The zero-order chi connectivity index (χ0) is 31.9. The summed E-state index contributed by atoms with van der Waals surface area (Å²) < 4.78 is 18.3. The highest BCUT2D eigenvalue weighted by atomic mass is 127. The van der Waals surface area contributed by atoms with Gasteiger partial charge in [-0.05, 0) is 13.3 Å². The number of rotatable bonds is 24. The predicted molar refractivity (Wildman–Crippen MR) is 172 cm³/mol. The SMILES string of the molecule is CCCCCCCCCCCCCCCCCCNC(=O)OCC1(COC(=O)N(Cc2cccc[n+]2CC)C(C)=O)COC1.[I-]. The molecule has 0 unspecified atom stereocenters. The number of nitrogens with zero attached hydrogens (tertiary/aromatic N) is 2. The zero-order valence-electron chi connectivity index (χ0n) is 28.3. The maximum Gasteiger partial charge on any atom is 0.417 e. The highest BCUT2D eigenvalue weighted by Crippen LogP contribution is 2.29. The first-order chi connectivity index (χ1) is 21.4. The van der Waals surface area contributed by atoms with Crippen LogP contribution >= 0.6 is 0 Å². The van der Waals surface area contributed by atoms with Crippen LogP contribution in [0.1, 0.15) is 129 Å². The molecule has 0 radical (unpaired) electrons. The molecule has 1 aromatic heterocycles. The van der Waals surface area contributed by atoms with Crippen molar-refractivity contribution in [1.29, 1.82) is 0 Å². The first-order valence-corrected chi connectivity index (χ1v) is 17.3. The molecule has 9 nitrogen and oxygen atoms in total. The van der Waals surface area contributed by atoms with Crippen LogP contribution in [0, 0.1) is 5.41 Å². The van der Waals surface area contributed by atoms with Crippen LogP contribution in [-0.2, 0) is 32.1 Å². The summed E-state index contributed by atoms with van der Waals surface area (Å²) in [4.78, 5) is 38.4. The largest absolute Gasteiger partial charge is 1.00 e. The van der Waals surface area contributed by atoms with E-state index in [2.05, 4.69) is 12.2 Å². The van der Waals surface area contributed by atoms with E-state index in [9.17, 15) is 14.4 Å². The molecule has 0 aromatic carbocycles. The number of ether oxygens (including phenoxy) is 3. The Labute approximate surface area is 289 Å². The molecule has 1 aromatic rings. The topological polar surface area (TPSA) is 98.0 Å². The predicted octanol–water partition coefficient (Wildman–Crippen LogP) is 4.49. The second-order valence-electron chi connectivity index (χ2n) is 12.4. The van der Waals surface area contributed by atoms with Crippen LogP contribution in [0.25, 0.3) is 0 Å². The Bertz CT molecular complexity index is 959. The number of carbonyl (C=O) groups is 3.